The molecule has 2 rings (SSSR count). The molecule has 0 atom stereocenters. The Morgan fingerprint density at radius 3 is 2.36 bits per heavy atom. The second kappa shape index (κ2) is 8.18. The van der Waals surface area contributed by atoms with Crippen LogP contribution in [0.15, 0.2) is 60.8 Å². The second-order valence-electron chi connectivity index (χ2n) is 5.51. The van der Waals surface area contributed by atoms with E-state index in [1.165, 1.54) is 18.4 Å². The first-order valence-electron chi connectivity index (χ1n) is 7.82. The fourth-order valence-electron chi connectivity index (χ4n) is 2.18. The average molecular weight is 293 g/mol. The van der Waals surface area contributed by atoms with Crippen LogP contribution in [0.5, 0.6) is 0 Å². The number of carbonyl (C=O) groups excluding carboxylic acids is 1. The van der Waals surface area contributed by atoms with Gasteiger partial charge < -0.3 is 5.32 Å². The van der Waals surface area contributed by atoms with Crippen LogP contribution in [-0.4, -0.2) is 5.78 Å². The van der Waals surface area contributed by atoms with E-state index >= 15 is 0 Å². The van der Waals surface area contributed by atoms with Gasteiger partial charge in [-0.2, -0.15) is 0 Å². The molecule has 0 radical (unpaired) electrons. The highest BCUT2D eigenvalue weighted by atomic mass is 16.1. The molecule has 0 saturated heterocycles. The van der Waals surface area contributed by atoms with E-state index in [0.29, 0.717) is 5.56 Å². The SMILES string of the molecule is CCCCc1ccc(N/C=C\C(=O)c2ccc(C)cc2)cc1. The van der Waals surface area contributed by atoms with Gasteiger partial charge in [-0.05, 0) is 37.5 Å². The summed E-state index contributed by atoms with van der Waals surface area (Å²) in [4.78, 5) is 12.0. The molecule has 2 heteroatoms. The fraction of sp³-hybridized carbons (Fsp3) is 0.250. The largest absolute Gasteiger partial charge is 0.362 e. The molecule has 2 nitrogen and oxygen atoms in total. The van der Waals surface area contributed by atoms with Crippen LogP contribution in [0, 0.1) is 6.92 Å². The van der Waals surface area contributed by atoms with E-state index in [0.717, 1.165) is 17.7 Å². The minimum Gasteiger partial charge on any atom is -0.362 e. The molecular weight excluding hydrogens is 270 g/mol. The summed E-state index contributed by atoms with van der Waals surface area (Å²) >= 11 is 0. The molecule has 1 N–H and O–H groups in total. The van der Waals surface area contributed by atoms with Gasteiger partial charge in [0.15, 0.2) is 5.78 Å². The first kappa shape index (κ1) is 16.0. The summed E-state index contributed by atoms with van der Waals surface area (Å²) in [5, 5.41) is 3.14. The van der Waals surface area contributed by atoms with Crippen molar-refractivity contribution in [2.24, 2.45) is 0 Å². The van der Waals surface area contributed by atoms with Crippen LogP contribution in [0.4, 0.5) is 5.69 Å². The number of hydrogen-bond acceptors (Lipinski definition) is 2. The summed E-state index contributed by atoms with van der Waals surface area (Å²) in [5.74, 6) is 0.00654. The first-order valence-corrected chi connectivity index (χ1v) is 7.82. The van der Waals surface area contributed by atoms with Crippen molar-refractivity contribution in [2.75, 3.05) is 5.32 Å². The van der Waals surface area contributed by atoms with Crippen molar-refractivity contribution < 1.29 is 4.79 Å². The molecule has 0 aliphatic carbocycles. The van der Waals surface area contributed by atoms with E-state index in [1.807, 2.05) is 43.3 Å². The number of aryl methyl sites for hydroxylation is 2. The van der Waals surface area contributed by atoms with Crippen LogP contribution >= 0.6 is 0 Å². The number of carbonyl (C=O) groups is 1. The Labute approximate surface area is 132 Å². The normalized spacial score (nSPS) is 10.8. The first-order chi connectivity index (χ1) is 10.7. The third-order valence-corrected chi connectivity index (χ3v) is 3.59. The van der Waals surface area contributed by atoms with Crippen molar-refractivity contribution in [3.63, 3.8) is 0 Å². The molecular formula is C20H23NO. The molecule has 22 heavy (non-hydrogen) atoms. The highest BCUT2D eigenvalue weighted by Crippen LogP contribution is 2.12. The smallest absolute Gasteiger partial charge is 0.187 e. The van der Waals surface area contributed by atoms with Crippen molar-refractivity contribution in [1.82, 2.24) is 0 Å². The van der Waals surface area contributed by atoms with E-state index in [2.05, 4.69) is 24.4 Å². The highest BCUT2D eigenvalue weighted by molar-refractivity contribution is 6.04. The summed E-state index contributed by atoms with van der Waals surface area (Å²) in [7, 11) is 0. The molecule has 0 unspecified atom stereocenters. The van der Waals surface area contributed by atoms with E-state index in [4.69, 9.17) is 0 Å². The lowest BCUT2D eigenvalue weighted by Crippen LogP contribution is -1.96. The number of benzene rings is 2. The van der Waals surface area contributed by atoms with Crippen molar-refractivity contribution in [2.45, 2.75) is 33.1 Å². The summed E-state index contributed by atoms with van der Waals surface area (Å²) in [5.41, 5.74) is 4.21. The Balaban J connectivity index is 1.88. The second-order valence-corrected chi connectivity index (χ2v) is 5.51. The Morgan fingerprint density at radius 1 is 1.05 bits per heavy atom. The minimum absolute atomic E-state index is 0.00654. The van der Waals surface area contributed by atoms with Gasteiger partial charge in [-0.1, -0.05) is 55.3 Å². The summed E-state index contributed by atoms with van der Waals surface area (Å²) in [6.45, 7) is 4.21. The highest BCUT2D eigenvalue weighted by Gasteiger charge is 2.00. The van der Waals surface area contributed by atoms with Crippen LogP contribution in [-0.2, 0) is 6.42 Å². The molecule has 114 valence electrons. The number of ketones is 1. The molecule has 0 saturated carbocycles. The lowest BCUT2D eigenvalue weighted by atomic mass is 10.1. The van der Waals surface area contributed by atoms with Crippen molar-refractivity contribution >= 4 is 11.5 Å². The number of nitrogens with one attached hydrogen (secondary N) is 1. The number of unbranched alkanes of at least 4 members (excludes halogenated alkanes) is 1. The molecule has 0 fully saturated rings. The molecule has 0 aliphatic rings. The molecule has 0 bridgehead atoms. The predicted molar refractivity (Wildman–Crippen MR) is 93.3 cm³/mol. The van der Waals surface area contributed by atoms with Crippen LogP contribution in [0.3, 0.4) is 0 Å². The molecule has 0 aromatic heterocycles. The van der Waals surface area contributed by atoms with Crippen LogP contribution in [0.25, 0.3) is 0 Å². The zero-order valence-corrected chi connectivity index (χ0v) is 13.3. The molecule has 0 amide bonds. The van der Waals surface area contributed by atoms with Crippen molar-refractivity contribution in [3.8, 4) is 0 Å². The molecule has 2 aromatic carbocycles. The van der Waals surface area contributed by atoms with Gasteiger partial charge in [-0.15, -0.1) is 0 Å². The van der Waals surface area contributed by atoms with Gasteiger partial charge in [0.05, 0.1) is 0 Å². The maximum Gasteiger partial charge on any atom is 0.187 e. The van der Waals surface area contributed by atoms with Crippen LogP contribution in [0.1, 0.15) is 41.3 Å². The lowest BCUT2D eigenvalue weighted by molar-refractivity contribution is 0.104. The number of allylic oxidation sites excluding steroid dienone is 1. The van der Waals surface area contributed by atoms with Crippen LogP contribution < -0.4 is 5.32 Å². The molecule has 2 aromatic rings. The Morgan fingerprint density at radius 2 is 1.73 bits per heavy atom. The Bertz CT molecular complexity index is 624. The zero-order valence-electron chi connectivity index (χ0n) is 13.3. The predicted octanol–water partition coefficient (Wildman–Crippen LogP) is 5.15. The molecule has 0 aliphatic heterocycles. The molecule has 0 heterocycles. The van der Waals surface area contributed by atoms with E-state index in [1.54, 1.807) is 12.3 Å². The summed E-state index contributed by atoms with van der Waals surface area (Å²) in [6.07, 6.45) is 6.82. The van der Waals surface area contributed by atoms with E-state index in [9.17, 15) is 4.79 Å². The van der Waals surface area contributed by atoms with Crippen molar-refractivity contribution in [1.29, 1.82) is 0 Å². The Kier molecular flexibility index (Phi) is 5.96. The van der Waals surface area contributed by atoms with Gasteiger partial charge in [0.25, 0.3) is 0 Å². The van der Waals surface area contributed by atoms with Gasteiger partial charge in [0.1, 0.15) is 0 Å². The summed E-state index contributed by atoms with van der Waals surface area (Å²) in [6, 6.07) is 16.0. The van der Waals surface area contributed by atoms with Gasteiger partial charge in [0.2, 0.25) is 0 Å². The minimum atomic E-state index is 0.00654. The summed E-state index contributed by atoms with van der Waals surface area (Å²) < 4.78 is 0. The van der Waals surface area contributed by atoms with Gasteiger partial charge >= 0.3 is 0 Å². The van der Waals surface area contributed by atoms with Gasteiger partial charge in [0, 0.05) is 23.5 Å². The van der Waals surface area contributed by atoms with Crippen molar-refractivity contribution in [3.05, 3.63) is 77.5 Å². The zero-order chi connectivity index (χ0) is 15.8. The third-order valence-electron chi connectivity index (χ3n) is 3.59. The fourth-order valence-corrected chi connectivity index (χ4v) is 2.18. The average Bonchev–Trinajstić information content (AvgIpc) is 2.54. The van der Waals surface area contributed by atoms with Gasteiger partial charge in [-0.3, -0.25) is 4.79 Å². The monoisotopic (exact) mass is 293 g/mol. The van der Waals surface area contributed by atoms with E-state index in [-0.39, 0.29) is 5.78 Å². The van der Waals surface area contributed by atoms with E-state index < -0.39 is 0 Å². The number of hydrogen-bond donors (Lipinski definition) is 1. The quantitative estimate of drug-likeness (QED) is 0.565. The number of rotatable bonds is 7. The van der Waals surface area contributed by atoms with Crippen LogP contribution in [0.2, 0.25) is 0 Å². The molecule has 0 spiro atoms. The maximum absolute atomic E-state index is 12.0. The number of anilines is 1. The standard InChI is InChI=1S/C20H23NO/c1-3-4-5-17-8-12-19(13-9-17)21-15-14-20(22)18-10-6-16(2)7-11-18/h6-15,21H,3-5H2,1-2H3/b15-14-. The lowest BCUT2D eigenvalue weighted by Gasteiger charge is -2.03. The third kappa shape index (κ3) is 4.88. The Hall–Kier alpha value is -2.35. The van der Waals surface area contributed by atoms with Gasteiger partial charge in [-0.25, -0.2) is 0 Å². The topological polar surface area (TPSA) is 29.1 Å². The maximum atomic E-state index is 12.0.